The second-order valence-electron chi connectivity index (χ2n) is 4.91. The van der Waals surface area contributed by atoms with Gasteiger partial charge in [-0.15, -0.1) is 0 Å². The summed E-state index contributed by atoms with van der Waals surface area (Å²) in [6.45, 7) is 1.16. The average Bonchev–Trinajstić information content (AvgIpc) is 2.49. The zero-order valence-corrected chi connectivity index (χ0v) is 11.4. The molecule has 106 valence electrons. The second kappa shape index (κ2) is 7.75. The molecule has 2 atom stereocenters. The maximum Gasteiger partial charge on any atom is 0.0818 e. The van der Waals surface area contributed by atoms with E-state index in [1.54, 1.807) is 6.20 Å². The molecule has 0 aliphatic rings. The molecule has 0 aliphatic heterocycles. The largest absolute Gasteiger partial charge is 0.390 e. The van der Waals surface area contributed by atoms with Gasteiger partial charge in [0.1, 0.15) is 0 Å². The summed E-state index contributed by atoms with van der Waals surface area (Å²) >= 11 is 0. The van der Waals surface area contributed by atoms with Crippen molar-refractivity contribution in [3.8, 4) is 0 Å². The van der Waals surface area contributed by atoms with E-state index in [2.05, 4.69) is 10.3 Å². The van der Waals surface area contributed by atoms with Gasteiger partial charge in [0.05, 0.1) is 6.10 Å². The van der Waals surface area contributed by atoms with Crippen molar-refractivity contribution in [2.75, 3.05) is 6.54 Å². The highest BCUT2D eigenvalue weighted by Gasteiger charge is 2.14. The van der Waals surface area contributed by atoms with Gasteiger partial charge in [-0.25, -0.2) is 0 Å². The molecule has 1 heterocycles. The fourth-order valence-corrected chi connectivity index (χ4v) is 2.04. The Morgan fingerprint density at radius 2 is 1.85 bits per heavy atom. The molecular formula is C16H21N3O. The zero-order chi connectivity index (χ0) is 14.2. The fourth-order valence-electron chi connectivity index (χ4n) is 2.04. The van der Waals surface area contributed by atoms with Crippen molar-refractivity contribution >= 4 is 0 Å². The van der Waals surface area contributed by atoms with E-state index in [1.165, 1.54) is 0 Å². The molecule has 0 bridgehead atoms. The minimum absolute atomic E-state index is 0.265. The van der Waals surface area contributed by atoms with Gasteiger partial charge in [-0.1, -0.05) is 36.4 Å². The summed E-state index contributed by atoms with van der Waals surface area (Å²) in [4.78, 5) is 4.05. The molecule has 2 unspecified atom stereocenters. The fraction of sp³-hybridized carbons (Fsp3) is 0.312. The summed E-state index contributed by atoms with van der Waals surface area (Å²) in [5.41, 5.74) is 8.26. The van der Waals surface area contributed by atoms with E-state index in [9.17, 15) is 5.11 Å². The number of rotatable bonds is 7. The number of aromatic nitrogens is 1. The molecule has 0 spiro atoms. The molecule has 1 aromatic heterocycles. The molecule has 0 saturated heterocycles. The van der Waals surface area contributed by atoms with E-state index in [0.29, 0.717) is 19.5 Å². The van der Waals surface area contributed by atoms with E-state index < -0.39 is 6.10 Å². The Hall–Kier alpha value is -1.75. The van der Waals surface area contributed by atoms with E-state index in [0.717, 1.165) is 11.1 Å². The van der Waals surface area contributed by atoms with Gasteiger partial charge in [-0.05, 0) is 23.6 Å². The van der Waals surface area contributed by atoms with E-state index in [1.807, 2.05) is 48.7 Å². The zero-order valence-electron chi connectivity index (χ0n) is 11.4. The van der Waals surface area contributed by atoms with Gasteiger partial charge in [0.15, 0.2) is 0 Å². The van der Waals surface area contributed by atoms with Gasteiger partial charge in [0, 0.05) is 31.5 Å². The second-order valence-corrected chi connectivity index (χ2v) is 4.91. The topological polar surface area (TPSA) is 71.2 Å². The molecule has 4 N–H and O–H groups in total. The molecule has 0 saturated carbocycles. The summed E-state index contributed by atoms with van der Waals surface area (Å²) in [5, 5.41) is 13.3. The highest BCUT2D eigenvalue weighted by atomic mass is 16.3. The van der Waals surface area contributed by atoms with Crippen molar-refractivity contribution in [1.82, 2.24) is 10.3 Å². The van der Waals surface area contributed by atoms with Crippen molar-refractivity contribution in [3.05, 3.63) is 66.0 Å². The lowest BCUT2D eigenvalue weighted by molar-refractivity contribution is 0.141. The maximum absolute atomic E-state index is 10.1. The van der Waals surface area contributed by atoms with Crippen LogP contribution < -0.4 is 11.1 Å². The molecule has 2 rings (SSSR count). The third-order valence-corrected chi connectivity index (χ3v) is 3.21. The predicted molar refractivity (Wildman–Crippen MR) is 80.1 cm³/mol. The van der Waals surface area contributed by atoms with Crippen LogP contribution in [-0.2, 0) is 13.0 Å². The summed E-state index contributed by atoms with van der Waals surface area (Å²) in [6.07, 6.45) is 3.67. The molecule has 4 nitrogen and oxygen atoms in total. The van der Waals surface area contributed by atoms with Crippen LogP contribution in [0.4, 0.5) is 0 Å². The van der Waals surface area contributed by atoms with Crippen LogP contribution in [0.2, 0.25) is 0 Å². The Kier molecular flexibility index (Phi) is 5.68. The molecule has 4 heteroatoms. The number of nitrogens with one attached hydrogen (secondary N) is 1. The molecule has 1 aromatic carbocycles. The highest BCUT2D eigenvalue weighted by molar-refractivity contribution is 5.16. The first-order valence-corrected chi connectivity index (χ1v) is 6.83. The van der Waals surface area contributed by atoms with Crippen LogP contribution in [0.15, 0.2) is 54.9 Å². The Labute approximate surface area is 119 Å². The SMILES string of the molecule is NC(Cc1ccccc1)C(O)CNCc1cccnc1. The number of aliphatic hydroxyl groups excluding tert-OH is 1. The average molecular weight is 271 g/mol. The lowest BCUT2D eigenvalue weighted by Gasteiger charge is -2.19. The molecule has 0 radical (unpaired) electrons. The first kappa shape index (κ1) is 14.7. The van der Waals surface area contributed by atoms with Crippen LogP contribution in [0.1, 0.15) is 11.1 Å². The van der Waals surface area contributed by atoms with Crippen molar-refractivity contribution < 1.29 is 5.11 Å². The Morgan fingerprint density at radius 1 is 1.10 bits per heavy atom. The van der Waals surface area contributed by atoms with Gasteiger partial charge < -0.3 is 16.2 Å². The summed E-state index contributed by atoms with van der Waals surface area (Å²) in [6, 6.07) is 13.6. The Balaban J connectivity index is 1.73. The number of pyridine rings is 1. The monoisotopic (exact) mass is 271 g/mol. The summed E-state index contributed by atoms with van der Waals surface area (Å²) in [7, 11) is 0. The van der Waals surface area contributed by atoms with Crippen molar-refractivity contribution in [1.29, 1.82) is 0 Å². The minimum Gasteiger partial charge on any atom is -0.390 e. The third-order valence-electron chi connectivity index (χ3n) is 3.21. The van der Waals surface area contributed by atoms with Gasteiger partial charge in [-0.2, -0.15) is 0 Å². The van der Waals surface area contributed by atoms with Gasteiger partial charge in [0.25, 0.3) is 0 Å². The van der Waals surface area contributed by atoms with E-state index in [-0.39, 0.29) is 6.04 Å². The number of nitrogens with zero attached hydrogens (tertiary/aromatic N) is 1. The quantitative estimate of drug-likeness (QED) is 0.705. The maximum atomic E-state index is 10.1. The Morgan fingerprint density at radius 3 is 2.55 bits per heavy atom. The summed E-state index contributed by atoms with van der Waals surface area (Å²) < 4.78 is 0. The predicted octanol–water partition coefficient (Wildman–Crippen LogP) is 1.10. The number of benzene rings is 1. The van der Waals surface area contributed by atoms with Gasteiger partial charge in [0.2, 0.25) is 0 Å². The van der Waals surface area contributed by atoms with Crippen LogP contribution in [0.3, 0.4) is 0 Å². The van der Waals surface area contributed by atoms with Crippen LogP contribution in [0.5, 0.6) is 0 Å². The van der Waals surface area contributed by atoms with Crippen LogP contribution in [0, 0.1) is 0 Å². The molecule has 0 aliphatic carbocycles. The Bertz CT molecular complexity index is 490. The summed E-state index contributed by atoms with van der Waals surface area (Å²) in [5.74, 6) is 0. The number of aliphatic hydroxyl groups is 1. The van der Waals surface area contributed by atoms with Crippen LogP contribution in [0.25, 0.3) is 0 Å². The minimum atomic E-state index is -0.563. The lowest BCUT2D eigenvalue weighted by Crippen LogP contribution is -2.42. The smallest absolute Gasteiger partial charge is 0.0818 e. The first-order valence-electron chi connectivity index (χ1n) is 6.83. The molecule has 2 aromatic rings. The van der Waals surface area contributed by atoms with E-state index >= 15 is 0 Å². The molecule has 0 amide bonds. The number of hydrogen-bond donors (Lipinski definition) is 3. The van der Waals surface area contributed by atoms with Crippen molar-refractivity contribution in [3.63, 3.8) is 0 Å². The molecule has 20 heavy (non-hydrogen) atoms. The highest BCUT2D eigenvalue weighted by Crippen LogP contribution is 2.04. The van der Waals surface area contributed by atoms with Crippen molar-refractivity contribution in [2.24, 2.45) is 5.73 Å². The third kappa shape index (κ3) is 4.74. The van der Waals surface area contributed by atoms with Gasteiger partial charge >= 0.3 is 0 Å². The van der Waals surface area contributed by atoms with Crippen LogP contribution >= 0.6 is 0 Å². The van der Waals surface area contributed by atoms with Gasteiger partial charge in [-0.3, -0.25) is 4.98 Å². The lowest BCUT2D eigenvalue weighted by atomic mass is 10.0. The number of hydrogen-bond acceptors (Lipinski definition) is 4. The first-order chi connectivity index (χ1) is 9.75. The van der Waals surface area contributed by atoms with E-state index in [4.69, 9.17) is 5.73 Å². The number of nitrogens with two attached hydrogens (primary N) is 1. The standard InChI is InChI=1S/C16H21N3O/c17-15(9-13-5-2-1-3-6-13)16(20)12-19-11-14-7-4-8-18-10-14/h1-8,10,15-16,19-20H,9,11-12,17H2. The van der Waals surface area contributed by atoms with Crippen molar-refractivity contribution in [2.45, 2.75) is 25.1 Å². The molecular weight excluding hydrogens is 250 g/mol. The van der Waals surface area contributed by atoms with Crippen LogP contribution in [-0.4, -0.2) is 28.8 Å². The normalized spacial score (nSPS) is 13.9. The molecule has 0 fully saturated rings.